The summed E-state index contributed by atoms with van der Waals surface area (Å²) in [7, 11) is 0. The number of hydrogen-bond acceptors (Lipinski definition) is 1. The topological polar surface area (TPSA) is 29.1 Å². The van der Waals surface area contributed by atoms with E-state index in [0.29, 0.717) is 0 Å². The number of rotatable bonds is 3. The van der Waals surface area contributed by atoms with Gasteiger partial charge >= 0.3 is 6.18 Å². The standard InChI is InChI=1S/C15H7F8NO/c16-7-4-2-1-3-6(7)5-8(25)24-14-12(19)10(17)9(15(21,22)23)11(18)13(14)20/h1-4H,5H2,(H,24,25). The van der Waals surface area contributed by atoms with Crippen molar-refractivity contribution in [2.75, 3.05) is 5.32 Å². The van der Waals surface area contributed by atoms with Crippen LogP contribution in [0.15, 0.2) is 24.3 Å². The molecule has 2 nitrogen and oxygen atoms in total. The number of amides is 1. The molecule has 0 aromatic heterocycles. The van der Waals surface area contributed by atoms with E-state index in [1.807, 2.05) is 0 Å². The summed E-state index contributed by atoms with van der Waals surface area (Å²) in [6.45, 7) is 0. The molecular weight excluding hydrogens is 362 g/mol. The first-order valence-electron chi connectivity index (χ1n) is 6.50. The molecule has 0 heterocycles. The molecule has 1 N–H and O–H groups in total. The van der Waals surface area contributed by atoms with E-state index in [0.717, 1.165) is 12.1 Å². The maximum absolute atomic E-state index is 13.6. The first-order chi connectivity index (χ1) is 11.5. The summed E-state index contributed by atoms with van der Waals surface area (Å²) in [5, 5.41) is 1.41. The number of alkyl halides is 3. The molecule has 0 fully saturated rings. The van der Waals surface area contributed by atoms with Gasteiger partial charge in [-0.2, -0.15) is 13.2 Å². The first-order valence-corrected chi connectivity index (χ1v) is 6.50. The molecule has 0 saturated heterocycles. The van der Waals surface area contributed by atoms with Crippen molar-refractivity contribution >= 4 is 11.6 Å². The number of carbonyl (C=O) groups excluding carboxylic acids is 1. The van der Waals surface area contributed by atoms with Crippen LogP contribution in [0.1, 0.15) is 11.1 Å². The number of hydrogen-bond donors (Lipinski definition) is 1. The molecular formula is C15H7F8NO. The van der Waals surface area contributed by atoms with Gasteiger partial charge < -0.3 is 5.32 Å². The van der Waals surface area contributed by atoms with E-state index in [1.54, 1.807) is 0 Å². The van der Waals surface area contributed by atoms with Gasteiger partial charge in [-0.1, -0.05) is 18.2 Å². The quantitative estimate of drug-likeness (QED) is 0.623. The van der Waals surface area contributed by atoms with E-state index in [2.05, 4.69) is 0 Å². The molecule has 0 aliphatic rings. The summed E-state index contributed by atoms with van der Waals surface area (Å²) in [5.41, 5.74) is -4.69. The lowest BCUT2D eigenvalue weighted by molar-refractivity contribution is -0.143. The minimum absolute atomic E-state index is 0.200. The number of carbonyl (C=O) groups is 1. The Morgan fingerprint density at radius 2 is 1.40 bits per heavy atom. The van der Waals surface area contributed by atoms with Crippen molar-refractivity contribution in [3.63, 3.8) is 0 Å². The molecule has 0 radical (unpaired) electrons. The van der Waals surface area contributed by atoms with Crippen LogP contribution in [-0.4, -0.2) is 5.91 Å². The Balaban J connectivity index is 2.38. The monoisotopic (exact) mass is 369 g/mol. The van der Waals surface area contributed by atoms with E-state index in [-0.39, 0.29) is 5.56 Å². The molecule has 10 heteroatoms. The van der Waals surface area contributed by atoms with Crippen LogP contribution in [0.3, 0.4) is 0 Å². The van der Waals surface area contributed by atoms with Gasteiger partial charge in [-0.15, -0.1) is 0 Å². The predicted molar refractivity (Wildman–Crippen MR) is 70.0 cm³/mol. The van der Waals surface area contributed by atoms with E-state index in [1.165, 1.54) is 17.4 Å². The Morgan fingerprint density at radius 3 is 1.88 bits per heavy atom. The number of benzene rings is 2. The molecule has 0 aliphatic heterocycles. The second-order valence-electron chi connectivity index (χ2n) is 4.82. The molecule has 1 amide bonds. The molecule has 2 aromatic carbocycles. The Labute approximate surface area is 135 Å². The Kier molecular flexibility index (Phi) is 5.00. The maximum Gasteiger partial charge on any atom is 0.422 e. The third kappa shape index (κ3) is 3.72. The lowest BCUT2D eigenvalue weighted by atomic mass is 10.1. The van der Waals surface area contributed by atoms with Crippen molar-refractivity contribution in [2.24, 2.45) is 0 Å². The smallest absolute Gasteiger partial charge is 0.321 e. The average Bonchev–Trinajstić information content (AvgIpc) is 2.51. The van der Waals surface area contributed by atoms with Gasteiger partial charge in [0.05, 0.1) is 6.42 Å². The molecule has 0 saturated carbocycles. The highest BCUT2D eigenvalue weighted by molar-refractivity contribution is 5.92. The summed E-state index contributed by atoms with van der Waals surface area (Å²) in [5.74, 6) is -12.4. The first kappa shape index (κ1) is 18.7. The zero-order chi connectivity index (χ0) is 18.9. The minimum atomic E-state index is -5.69. The van der Waals surface area contributed by atoms with Crippen molar-refractivity contribution in [1.82, 2.24) is 0 Å². The van der Waals surface area contributed by atoms with Crippen LogP contribution >= 0.6 is 0 Å². The third-order valence-corrected chi connectivity index (χ3v) is 3.12. The molecule has 0 aliphatic carbocycles. The largest absolute Gasteiger partial charge is 0.422 e. The van der Waals surface area contributed by atoms with Crippen LogP contribution < -0.4 is 5.32 Å². The van der Waals surface area contributed by atoms with Crippen LogP contribution in [0.5, 0.6) is 0 Å². The summed E-state index contributed by atoms with van der Waals surface area (Å²) in [4.78, 5) is 11.7. The van der Waals surface area contributed by atoms with Gasteiger partial charge in [-0.3, -0.25) is 4.79 Å². The molecule has 134 valence electrons. The van der Waals surface area contributed by atoms with Crippen LogP contribution in [0, 0.1) is 29.1 Å². The molecule has 2 aromatic rings. The molecule has 0 unspecified atom stereocenters. The normalized spacial score (nSPS) is 11.5. The zero-order valence-corrected chi connectivity index (χ0v) is 11.9. The second-order valence-corrected chi connectivity index (χ2v) is 4.82. The van der Waals surface area contributed by atoms with Crippen molar-refractivity contribution in [1.29, 1.82) is 0 Å². The van der Waals surface area contributed by atoms with Crippen LogP contribution in [0.4, 0.5) is 40.8 Å². The minimum Gasteiger partial charge on any atom is -0.321 e. The van der Waals surface area contributed by atoms with E-state index in [9.17, 15) is 39.9 Å². The lowest BCUT2D eigenvalue weighted by Gasteiger charge is -2.14. The van der Waals surface area contributed by atoms with Crippen LogP contribution in [0.25, 0.3) is 0 Å². The van der Waals surface area contributed by atoms with Crippen LogP contribution in [-0.2, 0) is 17.4 Å². The number of nitrogens with one attached hydrogen (secondary N) is 1. The number of anilines is 1. The van der Waals surface area contributed by atoms with E-state index < -0.39 is 58.8 Å². The van der Waals surface area contributed by atoms with Gasteiger partial charge in [-0.05, 0) is 11.6 Å². The van der Waals surface area contributed by atoms with Gasteiger partial charge in [-0.25, -0.2) is 22.0 Å². The average molecular weight is 369 g/mol. The molecule has 0 bridgehead atoms. The van der Waals surface area contributed by atoms with Crippen molar-refractivity contribution in [3.8, 4) is 0 Å². The molecule has 2 rings (SSSR count). The fourth-order valence-electron chi connectivity index (χ4n) is 1.99. The predicted octanol–water partition coefficient (Wildman–Crippen LogP) is 4.58. The Bertz CT molecular complexity index is 802. The molecule has 25 heavy (non-hydrogen) atoms. The zero-order valence-electron chi connectivity index (χ0n) is 11.9. The summed E-state index contributed by atoms with van der Waals surface area (Å²) >= 11 is 0. The fourth-order valence-corrected chi connectivity index (χ4v) is 1.99. The highest BCUT2D eigenvalue weighted by atomic mass is 19.4. The Hall–Kier alpha value is -2.65. The van der Waals surface area contributed by atoms with Gasteiger partial charge in [0.2, 0.25) is 5.91 Å². The number of halogens is 8. The van der Waals surface area contributed by atoms with Crippen molar-refractivity contribution < 1.29 is 39.9 Å². The van der Waals surface area contributed by atoms with E-state index >= 15 is 0 Å². The fraction of sp³-hybridized carbons (Fsp3) is 0.133. The van der Waals surface area contributed by atoms with Crippen molar-refractivity contribution in [2.45, 2.75) is 12.6 Å². The second kappa shape index (κ2) is 6.69. The maximum atomic E-state index is 13.6. The van der Waals surface area contributed by atoms with Gasteiger partial charge in [0.1, 0.15) is 17.1 Å². The SMILES string of the molecule is O=C(Cc1ccccc1F)Nc1c(F)c(F)c(C(F)(F)F)c(F)c1F. The van der Waals surface area contributed by atoms with E-state index in [4.69, 9.17) is 0 Å². The Morgan fingerprint density at radius 1 is 0.880 bits per heavy atom. The summed E-state index contributed by atoms with van der Waals surface area (Å²) < 4.78 is 105. The lowest BCUT2D eigenvalue weighted by Crippen LogP contribution is -2.21. The highest BCUT2D eigenvalue weighted by Gasteiger charge is 2.42. The summed E-state index contributed by atoms with van der Waals surface area (Å²) in [6, 6.07) is 4.80. The van der Waals surface area contributed by atoms with Gasteiger partial charge in [0.25, 0.3) is 0 Å². The van der Waals surface area contributed by atoms with Crippen LogP contribution in [0.2, 0.25) is 0 Å². The van der Waals surface area contributed by atoms with Crippen molar-refractivity contribution in [3.05, 3.63) is 64.5 Å². The van der Waals surface area contributed by atoms with Gasteiger partial charge in [0, 0.05) is 0 Å². The highest BCUT2D eigenvalue weighted by Crippen LogP contribution is 2.38. The summed E-state index contributed by atoms with van der Waals surface area (Å²) in [6.07, 6.45) is -6.46. The van der Waals surface area contributed by atoms with Gasteiger partial charge in [0.15, 0.2) is 23.3 Å². The molecule has 0 spiro atoms. The third-order valence-electron chi connectivity index (χ3n) is 3.12. The molecule has 0 atom stereocenters.